The molecule has 0 fully saturated rings. The molecule has 3 heterocycles. The van der Waals surface area contributed by atoms with Gasteiger partial charge in [-0.1, -0.05) is 18.2 Å². The molecule has 7 heteroatoms. The van der Waals surface area contributed by atoms with Crippen molar-refractivity contribution in [3.63, 3.8) is 0 Å². The standard InChI is InChI=1S/C21H20N2O4S/c1-12(2)26-21(24)27-20-14(11-25-3)19-16(10-22-20)23-15-7-4-6-13(18(15)19)17-8-5-9-28-17/h4-10,12,23H,11H2,1-3H3. The van der Waals surface area contributed by atoms with Gasteiger partial charge in [0.2, 0.25) is 5.88 Å². The third kappa shape index (κ3) is 3.34. The molecule has 1 aromatic carbocycles. The lowest BCUT2D eigenvalue weighted by molar-refractivity contribution is 0.0705. The van der Waals surface area contributed by atoms with E-state index in [1.807, 2.05) is 18.2 Å². The van der Waals surface area contributed by atoms with Crippen LogP contribution in [0.1, 0.15) is 19.4 Å². The monoisotopic (exact) mass is 396 g/mol. The fourth-order valence-corrected chi connectivity index (χ4v) is 4.04. The molecule has 0 spiro atoms. The number of nitrogens with one attached hydrogen (secondary N) is 1. The molecule has 0 bridgehead atoms. The molecule has 1 N–H and O–H groups in total. The molecule has 0 aliphatic rings. The normalized spacial score (nSPS) is 11.4. The summed E-state index contributed by atoms with van der Waals surface area (Å²) in [4.78, 5) is 20.9. The van der Waals surface area contributed by atoms with E-state index in [-0.39, 0.29) is 18.6 Å². The van der Waals surface area contributed by atoms with E-state index in [4.69, 9.17) is 14.2 Å². The summed E-state index contributed by atoms with van der Waals surface area (Å²) in [6.07, 6.45) is 0.614. The van der Waals surface area contributed by atoms with Crippen LogP contribution in [0.4, 0.5) is 4.79 Å². The lowest BCUT2D eigenvalue weighted by Crippen LogP contribution is -2.17. The van der Waals surface area contributed by atoms with Crippen LogP contribution in [0.5, 0.6) is 5.88 Å². The van der Waals surface area contributed by atoms with Crippen molar-refractivity contribution in [1.82, 2.24) is 9.97 Å². The third-order valence-electron chi connectivity index (χ3n) is 4.31. The average Bonchev–Trinajstić information content (AvgIpc) is 3.30. The minimum Gasteiger partial charge on any atom is -0.431 e. The molecule has 0 saturated carbocycles. The van der Waals surface area contributed by atoms with Crippen molar-refractivity contribution in [2.75, 3.05) is 7.11 Å². The van der Waals surface area contributed by atoms with E-state index in [1.54, 1.807) is 38.5 Å². The number of thiophene rings is 1. The molecule has 0 aliphatic heterocycles. The van der Waals surface area contributed by atoms with Crippen molar-refractivity contribution in [2.24, 2.45) is 0 Å². The maximum Gasteiger partial charge on any atom is 0.515 e. The minimum atomic E-state index is -0.780. The molecule has 6 nitrogen and oxygen atoms in total. The van der Waals surface area contributed by atoms with Gasteiger partial charge in [0, 0.05) is 33.8 Å². The van der Waals surface area contributed by atoms with Crippen LogP contribution >= 0.6 is 11.3 Å². The first-order valence-electron chi connectivity index (χ1n) is 8.92. The van der Waals surface area contributed by atoms with E-state index in [0.717, 1.165) is 32.2 Å². The summed E-state index contributed by atoms with van der Waals surface area (Å²) in [7, 11) is 1.60. The van der Waals surface area contributed by atoms with Crippen LogP contribution in [-0.2, 0) is 16.1 Å². The quantitative estimate of drug-likeness (QED) is 0.450. The Morgan fingerprint density at radius 1 is 1.18 bits per heavy atom. The molecule has 0 radical (unpaired) electrons. The van der Waals surface area contributed by atoms with Gasteiger partial charge in [-0.15, -0.1) is 11.3 Å². The number of aromatic amines is 1. The smallest absolute Gasteiger partial charge is 0.431 e. The van der Waals surface area contributed by atoms with E-state index in [2.05, 4.69) is 27.5 Å². The SMILES string of the molecule is COCc1c(OC(=O)OC(C)C)ncc2[nH]c3cccc(-c4cccs4)c3c12. The van der Waals surface area contributed by atoms with Crippen LogP contribution in [0.3, 0.4) is 0 Å². The van der Waals surface area contributed by atoms with Gasteiger partial charge in [-0.3, -0.25) is 0 Å². The summed E-state index contributed by atoms with van der Waals surface area (Å²) in [6.45, 7) is 3.78. The second kappa shape index (κ2) is 7.61. The van der Waals surface area contributed by atoms with Crippen LogP contribution in [0.15, 0.2) is 41.9 Å². The summed E-state index contributed by atoms with van der Waals surface area (Å²) in [5, 5.41) is 4.04. The Kier molecular flexibility index (Phi) is 5.02. The number of pyridine rings is 1. The predicted octanol–water partition coefficient (Wildman–Crippen LogP) is 5.51. The van der Waals surface area contributed by atoms with E-state index >= 15 is 0 Å². The van der Waals surface area contributed by atoms with Crippen molar-refractivity contribution >= 4 is 39.3 Å². The molecular formula is C21H20N2O4S. The van der Waals surface area contributed by atoms with Crippen molar-refractivity contribution in [3.8, 4) is 16.3 Å². The number of nitrogens with zero attached hydrogens (tertiary/aromatic N) is 1. The van der Waals surface area contributed by atoms with E-state index in [9.17, 15) is 4.79 Å². The number of hydrogen-bond acceptors (Lipinski definition) is 6. The number of benzene rings is 1. The molecule has 0 saturated heterocycles. The number of carbonyl (C=O) groups excluding carboxylic acids is 1. The minimum absolute atomic E-state index is 0.196. The van der Waals surface area contributed by atoms with Crippen molar-refractivity contribution < 1.29 is 19.0 Å². The Balaban J connectivity index is 1.95. The largest absolute Gasteiger partial charge is 0.515 e. The van der Waals surface area contributed by atoms with Crippen LogP contribution in [0, 0.1) is 0 Å². The molecule has 3 aromatic heterocycles. The lowest BCUT2D eigenvalue weighted by Gasteiger charge is -2.12. The van der Waals surface area contributed by atoms with Gasteiger partial charge in [-0.2, -0.15) is 0 Å². The molecule has 4 rings (SSSR count). The first-order valence-corrected chi connectivity index (χ1v) is 9.80. The summed E-state index contributed by atoms with van der Waals surface area (Å²) in [5.74, 6) is 0.196. The van der Waals surface area contributed by atoms with Gasteiger partial charge in [0.25, 0.3) is 0 Å². The molecule has 4 aromatic rings. The Morgan fingerprint density at radius 3 is 2.75 bits per heavy atom. The predicted molar refractivity (Wildman–Crippen MR) is 110 cm³/mol. The van der Waals surface area contributed by atoms with Gasteiger partial charge in [-0.05, 0) is 31.4 Å². The van der Waals surface area contributed by atoms with Crippen molar-refractivity contribution in [3.05, 3.63) is 47.5 Å². The first-order chi connectivity index (χ1) is 13.6. The highest BCUT2D eigenvalue weighted by molar-refractivity contribution is 7.13. The number of rotatable bonds is 5. The number of carbonyl (C=O) groups is 1. The second-order valence-electron chi connectivity index (χ2n) is 6.61. The van der Waals surface area contributed by atoms with E-state index < -0.39 is 6.16 Å². The molecule has 28 heavy (non-hydrogen) atoms. The average molecular weight is 396 g/mol. The van der Waals surface area contributed by atoms with Crippen LogP contribution < -0.4 is 4.74 Å². The fraction of sp³-hybridized carbons (Fsp3) is 0.238. The number of aromatic nitrogens is 2. The van der Waals surface area contributed by atoms with Gasteiger partial charge in [0.15, 0.2) is 0 Å². The second-order valence-corrected chi connectivity index (χ2v) is 7.56. The summed E-state index contributed by atoms with van der Waals surface area (Å²) >= 11 is 1.68. The van der Waals surface area contributed by atoms with Crippen LogP contribution in [-0.4, -0.2) is 29.3 Å². The number of H-pyrrole nitrogens is 1. The molecule has 0 unspecified atom stereocenters. The Labute approximate surface area is 166 Å². The highest BCUT2D eigenvalue weighted by Gasteiger charge is 2.21. The van der Waals surface area contributed by atoms with Gasteiger partial charge in [-0.25, -0.2) is 9.78 Å². The van der Waals surface area contributed by atoms with Crippen molar-refractivity contribution in [2.45, 2.75) is 26.6 Å². The lowest BCUT2D eigenvalue weighted by atomic mass is 10.0. The topological polar surface area (TPSA) is 73.4 Å². The summed E-state index contributed by atoms with van der Waals surface area (Å²) in [6, 6.07) is 10.3. The molecular weight excluding hydrogens is 376 g/mol. The molecule has 0 atom stereocenters. The Bertz CT molecular complexity index is 1130. The number of ether oxygens (including phenoxy) is 3. The highest BCUT2D eigenvalue weighted by atomic mass is 32.1. The molecule has 0 amide bonds. The number of hydrogen-bond donors (Lipinski definition) is 1. The fourth-order valence-electron chi connectivity index (χ4n) is 3.29. The van der Waals surface area contributed by atoms with Crippen LogP contribution in [0.25, 0.3) is 32.2 Å². The van der Waals surface area contributed by atoms with Gasteiger partial charge >= 0.3 is 6.16 Å². The van der Waals surface area contributed by atoms with Crippen molar-refractivity contribution in [1.29, 1.82) is 0 Å². The summed E-state index contributed by atoms with van der Waals surface area (Å²) < 4.78 is 15.9. The van der Waals surface area contributed by atoms with E-state index in [1.165, 1.54) is 0 Å². The third-order valence-corrected chi connectivity index (χ3v) is 5.21. The Hall–Kier alpha value is -2.90. The zero-order valence-corrected chi connectivity index (χ0v) is 16.6. The van der Waals surface area contributed by atoms with Gasteiger partial charge in [0.1, 0.15) is 0 Å². The molecule has 144 valence electrons. The van der Waals surface area contributed by atoms with Gasteiger partial charge < -0.3 is 19.2 Å². The first kappa shape index (κ1) is 18.5. The summed E-state index contributed by atoms with van der Waals surface area (Å²) in [5.41, 5.74) is 3.66. The van der Waals surface area contributed by atoms with Gasteiger partial charge in [0.05, 0.1) is 30.0 Å². The van der Waals surface area contributed by atoms with Crippen LogP contribution in [0.2, 0.25) is 0 Å². The maximum absolute atomic E-state index is 12.0. The zero-order valence-electron chi connectivity index (χ0n) is 15.8. The number of fused-ring (bicyclic) bond motifs is 3. The molecule has 0 aliphatic carbocycles. The Morgan fingerprint density at radius 2 is 2.04 bits per heavy atom. The van der Waals surface area contributed by atoms with E-state index in [0.29, 0.717) is 5.56 Å². The maximum atomic E-state index is 12.0. The zero-order chi connectivity index (χ0) is 19.7. The highest BCUT2D eigenvalue weighted by Crippen LogP contribution is 2.39. The number of methoxy groups -OCH3 is 1.